The number of allylic oxidation sites excluding steroid dienone is 2. The molecule has 8 heteroatoms. The SMILES string of the molecule is CCOc1ccc(NC(=O)c2cnn3c2NC2=C(C(=O)CCC2)C3c2ccc(O)cc2)cc1. The van der Waals surface area contributed by atoms with Crippen molar-refractivity contribution in [1.29, 1.82) is 0 Å². The number of carbonyl (C=O) groups excluding carboxylic acids is 2. The van der Waals surface area contributed by atoms with E-state index in [0.717, 1.165) is 29.9 Å². The zero-order valence-corrected chi connectivity index (χ0v) is 18.2. The Morgan fingerprint density at radius 1 is 1.18 bits per heavy atom. The smallest absolute Gasteiger partial charge is 0.261 e. The number of amides is 1. The van der Waals surface area contributed by atoms with Crippen molar-refractivity contribution in [3.05, 3.63) is 77.1 Å². The molecule has 2 aromatic carbocycles. The predicted octanol–water partition coefficient (Wildman–Crippen LogP) is 4.26. The minimum absolute atomic E-state index is 0.0726. The fourth-order valence-corrected chi connectivity index (χ4v) is 4.39. The molecule has 1 aliphatic carbocycles. The molecule has 8 nitrogen and oxygen atoms in total. The van der Waals surface area contributed by atoms with Crippen LogP contribution in [0.2, 0.25) is 0 Å². The highest BCUT2D eigenvalue weighted by Gasteiger charge is 2.37. The Bertz CT molecular complexity index is 1240. The third kappa shape index (κ3) is 3.84. The van der Waals surface area contributed by atoms with Gasteiger partial charge in [-0.3, -0.25) is 9.59 Å². The molecule has 1 aliphatic heterocycles. The van der Waals surface area contributed by atoms with Crippen LogP contribution in [-0.2, 0) is 4.79 Å². The van der Waals surface area contributed by atoms with E-state index in [0.29, 0.717) is 35.7 Å². The number of ketones is 1. The van der Waals surface area contributed by atoms with Crippen LogP contribution in [0.15, 0.2) is 66.0 Å². The van der Waals surface area contributed by atoms with Crippen molar-refractivity contribution >= 4 is 23.2 Å². The van der Waals surface area contributed by atoms with Crippen molar-refractivity contribution in [3.63, 3.8) is 0 Å². The summed E-state index contributed by atoms with van der Waals surface area (Å²) in [5, 5.41) is 20.4. The molecule has 0 spiro atoms. The normalized spacial score (nSPS) is 17.1. The summed E-state index contributed by atoms with van der Waals surface area (Å²) in [5.74, 6) is 1.20. The van der Waals surface area contributed by atoms with Crippen molar-refractivity contribution in [2.45, 2.75) is 32.2 Å². The number of ether oxygens (including phenoxy) is 1. The van der Waals surface area contributed by atoms with Gasteiger partial charge in [0.05, 0.1) is 12.8 Å². The zero-order chi connectivity index (χ0) is 22.9. The number of phenols is 1. The van der Waals surface area contributed by atoms with Gasteiger partial charge in [-0.15, -0.1) is 0 Å². The first-order valence-corrected chi connectivity index (χ1v) is 11.0. The van der Waals surface area contributed by atoms with Crippen LogP contribution in [0.4, 0.5) is 11.5 Å². The Morgan fingerprint density at radius 3 is 2.67 bits per heavy atom. The number of nitrogens with zero attached hydrogens (tertiary/aromatic N) is 2. The van der Waals surface area contributed by atoms with Gasteiger partial charge in [0, 0.05) is 23.4 Å². The first kappa shape index (κ1) is 20.8. The summed E-state index contributed by atoms with van der Waals surface area (Å²) < 4.78 is 7.13. The summed E-state index contributed by atoms with van der Waals surface area (Å²) >= 11 is 0. The van der Waals surface area contributed by atoms with E-state index in [-0.39, 0.29) is 17.4 Å². The molecule has 5 rings (SSSR count). The summed E-state index contributed by atoms with van der Waals surface area (Å²) in [7, 11) is 0. The minimum atomic E-state index is -0.461. The van der Waals surface area contributed by atoms with Gasteiger partial charge in [-0.1, -0.05) is 12.1 Å². The molecule has 1 unspecified atom stereocenters. The van der Waals surface area contributed by atoms with Gasteiger partial charge in [0.1, 0.15) is 28.9 Å². The summed E-state index contributed by atoms with van der Waals surface area (Å²) in [5.41, 5.74) is 3.34. The van der Waals surface area contributed by atoms with Crippen molar-refractivity contribution < 1.29 is 19.4 Å². The van der Waals surface area contributed by atoms with Crippen LogP contribution >= 0.6 is 0 Å². The largest absolute Gasteiger partial charge is 0.508 e. The summed E-state index contributed by atoms with van der Waals surface area (Å²) in [6, 6.07) is 13.5. The van der Waals surface area contributed by atoms with Crippen molar-refractivity contribution in [3.8, 4) is 11.5 Å². The van der Waals surface area contributed by atoms with Gasteiger partial charge in [0.15, 0.2) is 5.78 Å². The number of fused-ring (bicyclic) bond motifs is 1. The van der Waals surface area contributed by atoms with Crippen molar-refractivity contribution in [1.82, 2.24) is 9.78 Å². The number of rotatable bonds is 5. The van der Waals surface area contributed by atoms with E-state index >= 15 is 0 Å². The van der Waals surface area contributed by atoms with Gasteiger partial charge in [-0.2, -0.15) is 5.10 Å². The maximum atomic E-state index is 13.1. The molecular weight excluding hydrogens is 420 g/mol. The first-order valence-electron chi connectivity index (χ1n) is 11.0. The maximum absolute atomic E-state index is 13.1. The fourth-order valence-electron chi connectivity index (χ4n) is 4.39. The van der Waals surface area contributed by atoms with E-state index in [9.17, 15) is 14.7 Å². The van der Waals surface area contributed by atoms with Crippen LogP contribution in [0, 0.1) is 0 Å². The van der Waals surface area contributed by atoms with Gasteiger partial charge >= 0.3 is 0 Å². The lowest BCUT2D eigenvalue weighted by atomic mass is 9.85. The number of carbonyl (C=O) groups is 2. The van der Waals surface area contributed by atoms with Crippen LogP contribution in [-0.4, -0.2) is 33.2 Å². The predicted molar refractivity (Wildman–Crippen MR) is 124 cm³/mol. The van der Waals surface area contributed by atoms with Gasteiger partial charge < -0.3 is 20.5 Å². The Balaban J connectivity index is 1.50. The fraction of sp³-hybridized carbons (Fsp3) is 0.240. The Labute approximate surface area is 190 Å². The molecule has 3 N–H and O–H groups in total. The quantitative estimate of drug-likeness (QED) is 0.543. The van der Waals surface area contributed by atoms with E-state index in [1.807, 2.05) is 6.92 Å². The molecule has 3 aromatic rings. The second kappa shape index (κ2) is 8.46. The van der Waals surface area contributed by atoms with E-state index in [2.05, 4.69) is 15.7 Å². The van der Waals surface area contributed by atoms with E-state index in [1.54, 1.807) is 53.2 Å². The minimum Gasteiger partial charge on any atom is -0.508 e. The highest BCUT2D eigenvalue weighted by Crippen LogP contribution is 2.41. The molecule has 0 saturated heterocycles. The second-order valence-corrected chi connectivity index (χ2v) is 8.05. The molecule has 1 amide bonds. The number of aromatic nitrogens is 2. The monoisotopic (exact) mass is 444 g/mol. The molecule has 2 aliphatic rings. The number of hydrogen-bond donors (Lipinski definition) is 3. The summed E-state index contributed by atoms with van der Waals surface area (Å²) in [4.78, 5) is 26.0. The van der Waals surface area contributed by atoms with Gasteiger partial charge in [-0.25, -0.2) is 4.68 Å². The van der Waals surface area contributed by atoms with Crippen LogP contribution in [0.1, 0.15) is 48.1 Å². The van der Waals surface area contributed by atoms with E-state index < -0.39 is 6.04 Å². The van der Waals surface area contributed by atoms with Gasteiger partial charge in [0.2, 0.25) is 0 Å². The lowest BCUT2D eigenvalue weighted by molar-refractivity contribution is -0.116. The number of anilines is 2. The number of hydrogen-bond acceptors (Lipinski definition) is 6. The van der Waals surface area contributed by atoms with Gasteiger partial charge in [0.25, 0.3) is 5.91 Å². The number of phenolic OH excluding ortho intramolecular Hbond substituents is 1. The molecule has 33 heavy (non-hydrogen) atoms. The van der Waals surface area contributed by atoms with Gasteiger partial charge in [-0.05, 0) is 61.7 Å². The molecule has 0 fully saturated rings. The highest BCUT2D eigenvalue weighted by atomic mass is 16.5. The molecule has 168 valence electrons. The third-order valence-electron chi connectivity index (χ3n) is 5.92. The van der Waals surface area contributed by atoms with Crippen molar-refractivity contribution in [2.24, 2.45) is 0 Å². The van der Waals surface area contributed by atoms with Crippen LogP contribution in [0.3, 0.4) is 0 Å². The van der Waals surface area contributed by atoms with Crippen LogP contribution in [0.5, 0.6) is 11.5 Å². The Hall–Kier alpha value is -4.07. The average molecular weight is 444 g/mol. The second-order valence-electron chi connectivity index (χ2n) is 8.05. The lowest BCUT2D eigenvalue weighted by Crippen LogP contribution is -2.32. The highest BCUT2D eigenvalue weighted by molar-refractivity contribution is 6.08. The molecule has 1 aromatic heterocycles. The summed E-state index contributed by atoms with van der Waals surface area (Å²) in [6.07, 6.45) is 3.48. The maximum Gasteiger partial charge on any atom is 0.261 e. The van der Waals surface area contributed by atoms with E-state index in [1.165, 1.54) is 6.20 Å². The standard InChI is InChI=1S/C25H24N4O4/c1-2-33-18-12-8-16(9-13-18)27-25(32)19-14-26-29-23(15-6-10-17(30)11-7-15)22-20(28-24(19)29)4-3-5-21(22)31/h6-14,23,28,30H,2-5H2,1H3,(H,27,32). The van der Waals surface area contributed by atoms with Crippen LogP contribution < -0.4 is 15.4 Å². The molecular formula is C25H24N4O4. The molecule has 0 bridgehead atoms. The van der Waals surface area contributed by atoms with E-state index in [4.69, 9.17) is 4.74 Å². The number of benzene rings is 2. The molecule has 0 saturated carbocycles. The third-order valence-corrected chi connectivity index (χ3v) is 5.92. The molecule has 1 atom stereocenters. The average Bonchev–Trinajstić information content (AvgIpc) is 3.24. The summed E-state index contributed by atoms with van der Waals surface area (Å²) in [6.45, 7) is 2.49. The Kier molecular flexibility index (Phi) is 5.34. The van der Waals surface area contributed by atoms with Crippen molar-refractivity contribution in [2.75, 3.05) is 17.2 Å². The molecule has 2 heterocycles. The topological polar surface area (TPSA) is 105 Å². The number of aromatic hydroxyl groups is 1. The zero-order valence-electron chi connectivity index (χ0n) is 18.2. The first-order chi connectivity index (χ1) is 16.0. The number of nitrogens with one attached hydrogen (secondary N) is 2. The molecule has 0 radical (unpaired) electrons. The number of Topliss-reactive ketones (excluding diaryl/α,β-unsaturated/α-hetero) is 1. The lowest BCUT2D eigenvalue weighted by Gasteiger charge is -2.33. The van der Waals surface area contributed by atoms with Crippen LogP contribution in [0.25, 0.3) is 0 Å². The Morgan fingerprint density at radius 2 is 1.94 bits per heavy atom.